The van der Waals surface area contributed by atoms with Crippen LogP contribution in [0.3, 0.4) is 0 Å². The molecule has 0 fully saturated rings. The van der Waals surface area contributed by atoms with Gasteiger partial charge in [0.25, 0.3) is 0 Å². The quantitative estimate of drug-likeness (QED) is 0.716. The van der Waals surface area contributed by atoms with E-state index in [1.165, 1.54) is 13.2 Å². The molecule has 6 nitrogen and oxygen atoms in total. The Morgan fingerprint density at radius 1 is 1.12 bits per heavy atom. The lowest BCUT2D eigenvalue weighted by Gasteiger charge is -2.10. The molecule has 1 N–H and O–H groups in total. The maximum Gasteiger partial charge on any atom is 0.197 e. The predicted molar refractivity (Wildman–Crippen MR) is 93.4 cm³/mol. The maximum atomic E-state index is 12.5. The highest BCUT2D eigenvalue weighted by atomic mass is 16.7. The average molecular weight is 342 g/mol. The molecule has 1 heterocycles. The Kier molecular flexibility index (Phi) is 4.63. The molecule has 0 aliphatic rings. The molecule has 0 atom stereocenters. The van der Waals surface area contributed by atoms with Crippen molar-refractivity contribution in [2.75, 3.05) is 21.0 Å². The van der Waals surface area contributed by atoms with Crippen LogP contribution in [0.2, 0.25) is 0 Å². The summed E-state index contributed by atoms with van der Waals surface area (Å²) in [6.45, 7) is 1.93. The van der Waals surface area contributed by atoms with Gasteiger partial charge in [-0.05, 0) is 42.8 Å². The highest BCUT2D eigenvalue weighted by Gasteiger charge is 2.16. The fraction of sp³-hybridized carbons (Fsp3) is 0.211. The average Bonchev–Trinajstić information content (AvgIpc) is 2.60. The first-order chi connectivity index (χ1) is 12.0. The summed E-state index contributed by atoms with van der Waals surface area (Å²) in [7, 11) is 2.99. The largest absolute Gasteiger partial charge is 0.504 e. The molecule has 0 aliphatic carbocycles. The van der Waals surface area contributed by atoms with Crippen molar-refractivity contribution in [1.82, 2.24) is 0 Å². The topological polar surface area (TPSA) is 78.1 Å². The molecule has 130 valence electrons. The first-order valence-electron chi connectivity index (χ1n) is 7.61. The van der Waals surface area contributed by atoms with Crippen molar-refractivity contribution in [3.05, 3.63) is 52.2 Å². The Balaban J connectivity index is 2.08. The van der Waals surface area contributed by atoms with E-state index in [0.717, 1.165) is 5.56 Å². The molecule has 0 bridgehead atoms. The number of phenolic OH excluding ortho intramolecular Hbond substituents is 1. The SMILES string of the molecule is COCOc1ccc(-c2cc(=O)c3c(O)c(OC)c(C)cc3o2)cc1. The number of hydrogen-bond acceptors (Lipinski definition) is 6. The van der Waals surface area contributed by atoms with Gasteiger partial charge in [-0.3, -0.25) is 4.79 Å². The highest BCUT2D eigenvalue weighted by Crippen LogP contribution is 2.37. The van der Waals surface area contributed by atoms with Crippen LogP contribution in [0.15, 0.2) is 45.6 Å². The van der Waals surface area contributed by atoms with E-state index in [9.17, 15) is 9.90 Å². The van der Waals surface area contributed by atoms with Crippen LogP contribution < -0.4 is 14.9 Å². The van der Waals surface area contributed by atoms with Crippen molar-refractivity contribution in [2.24, 2.45) is 0 Å². The van der Waals surface area contributed by atoms with Crippen molar-refractivity contribution >= 4 is 11.0 Å². The number of phenols is 1. The smallest absolute Gasteiger partial charge is 0.197 e. The zero-order valence-corrected chi connectivity index (χ0v) is 14.2. The second-order valence-corrected chi connectivity index (χ2v) is 5.50. The number of hydrogen-bond donors (Lipinski definition) is 1. The normalized spacial score (nSPS) is 10.8. The maximum absolute atomic E-state index is 12.5. The monoisotopic (exact) mass is 342 g/mol. The van der Waals surface area contributed by atoms with E-state index in [2.05, 4.69) is 0 Å². The number of aryl methyl sites for hydroxylation is 1. The third-order valence-corrected chi connectivity index (χ3v) is 3.82. The molecule has 1 aromatic heterocycles. The van der Waals surface area contributed by atoms with E-state index in [1.54, 1.807) is 44.4 Å². The van der Waals surface area contributed by atoms with E-state index in [1.807, 2.05) is 0 Å². The van der Waals surface area contributed by atoms with Gasteiger partial charge in [-0.25, -0.2) is 0 Å². The minimum Gasteiger partial charge on any atom is -0.504 e. The number of aromatic hydroxyl groups is 1. The third kappa shape index (κ3) is 3.16. The van der Waals surface area contributed by atoms with Crippen LogP contribution in [0, 0.1) is 6.92 Å². The molecule has 3 rings (SSSR count). The van der Waals surface area contributed by atoms with Crippen molar-refractivity contribution in [1.29, 1.82) is 0 Å². The molecule has 0 spiro atoms. The molecular formula is C19H18O6. The van der Waals surface area contributed by atoms with Gasteiger partial charge < -0.3 is 23.7 Å². The Morgan fingerprint density at radius 2 is 1.84 bits per heavy atom. The molecule has 0 radical (unpaired) electrons. The van der Waals surface area contributed by atoms with Crippen molar-refractivity contribution in [2.45, 2.75) is 6.92 Å². The molecule has 25 heavy (non-hydrogen) atoms. The number of methoxy groups -OCH3 is 2. The van der Waals surface area contributed by atoms with Crippen LogP contribution in [0.4, 0.5) is 0 Å². The zero-order chi connectivity index (χ0) is 18.0. The molecule has 0 aliphatic heterocycles. The third-order valence-electron chi connectivity index (χ3n) is 3.82. The van der Waals surface area contributed by atoms with Crippen molar-refractivity contribution in [3.8, 4) is 28.6 Å². The Labute approximate surface area is 144 Å². The summed E-state index contributed by atoms with van der Waals surface area (Å²) in [6.07, 6.45) is 0. The van der Waals surface area contributed by atoms with Crippen LogP contribution >= 0.6 is 0 Å². The van der Waals surface area contributed by atoms with Gasteiger partial charge in [0.15, 0.2) is 23.7 Å². The summed E-state index contributed by atoms with van der Waals surface area (Å²) in [5, 5.41) is 10.4. The first-order valence-corrected chi connectivity index (χ1v) is 7.61. The minimum atomic E-state index is -0.341. The fourth-order valence-electron chi connectivity index (χ4n) is 2.65. The zero-order valence-electron chi connectivity index (χ0n) is 14.2. The number of ether oxygens (including phenoxy) is 3. The van der Waals surface area contributed by atoms with Gasteiger partial charge in [-0.1, -0.05) is 0 Å². The molecule has 3 aromatic rings. The summed E-state index contributed by atoms with van der Waals surface area (Å²) in [5.74, 6) is 1.11. The van der Waals surface area contributed by atoms with Gasteiger partial charge in [0, 0.05) is 18.7 Å². The Bertz CT molecular complexity index is 956. The van der Waals surface area contributed by atoms with Crippen molar-refractivity contribution in [3.63, 3.8) is 0 Å². The fourth-order valence-corrected chi connectivity index (χ4v) is 2.65. The Morgan fingerprint density at radius 3 is 2.48 bits per heavy atom. The van der Waals surface area contributed by atoms with Gasteiger partial charge in [0.2, 0.25) is 0 Å². The van der Waals surface area contributed by atoms with Gasteiger partial charge in [0.05, 0.1) is 7.11 Å². The van der Waals surface area contributed by atoms with Crippen LogP contribution in [0.5, 0.6) is 17.2 Å². The summed E-state index contributed by atoms with van der Waals surface area (Å²) in [5.41, 5.74) is 1.36. The number of rotatable bonds is 5. The van der Waals surface area contributed by atoms with E-state index in [-0.39, 0.29) is 29.1 Å². The molecule has 2 aromatic carbocycles. The van der Waals surface area contributed by atoms with Crippen LogP contribution in [0.1, 0.15) is 5.56 Å². The molecule has 0 amide bonds. The minimum absolute atomic E-state index is 0.103. The second kappa shape index (κ2) is 6.86. The molecule has 0 unspecified atom stereocenters. The lowest BCUT2D eigenvalue weighted by molar-refractivity contribution is 0.0511. The van der Waals surface area contributed by atoms with E-state index in [0.29, 0.717) is 22.7 Å². The van der Waals surface area contributed by atoms with Crippen LogP contribution in [-0.2, 0) is 4.74 Å². The van der Waals surface area contributed by atoms with Crippen LogP contribution in [-0.4, -0.2) is 26.1 Å². The molecular weight excluding hydrogens is 324 g/mol. The van der Waals surface area contributed by atoms with E-state index < -0.39 is 0 Å². The van der Waals surface area contributed by atoms with Gasteiger partial charge in [-0.2, -0.15) is 0 Å². The Hall–Kier alpha value is -2.99. The summed E-state index contributed by atoms with van der Waals surface area (Å²) < 4.78 is 21.2. The summed E-state index contributed by atoms with van der Waals surface area (Å²) in [4.78, 5) is 12.5. The molecule has 0 saturated heterocycles. The van der Waals surface area contributed by atoms with Crippen LogP contribution in [0.25, 0.3) is 22.3 Å². The summed E-state index contributed by atoms with van der Waals surface area (Å²) in [6, 6.07) is 10.1. The summed E-state index contributed by atoms with van der Waals surface area (Å²) >= 11 is 0. The van der Waals surface area contributed by atoms with Gasteiger partial charge >= 0.3 is 0 Å². The predicted octanol–water partition coefficient (Wildman–Crippen LogP) is 3.47. The van der Waals surface area contributed by atoms with Gasteiger partial charge in [0.1, 0.15) is 22.5 Å². The molecule has 6 heteroatoms. The van der Waals surface area contributed by atoms with Gasteiger partial charge in [-0.15, -0.1) is 0 Å². The van der Waals surface area contributed by atoms with Crippen molar-refractivity contribution < 1.29 is 23.7 Å². The standard InChI is InChI=1S/C19H18O6/c1-11-8-16-17(18(21)19(11)23-3)14(20)9-15(25-16)12-4-6-13(7-5-12)24-10-22-2/h4-9,21H,10H2,1-3H3. The lowest BCUT2D eigenvalue weighted by atomic mass is 10.1. The number of fused-ring (bicyclic) bond motifs is 1. The van der Waals surface area contributed by atoms with E-state index in [4.69, 9.17) is 18.6 Å². The molecule has 0 saturated carbocycles. The highest BCUT2D eigenvalue weighted by molar-refractivity contribution is 5.88. The lowest BCUT2D eigenvalue weighted by Crippen LogP contribution is -2.02. The second-order valence-electron chi connectivity index (χ2n) is 5.50. The first kappa shape index (κ1) is 16.9. The van der Waals surface area contributed by atoms with E-state index >= 15 is 0 Å². The number of benzene rings is 2.